The van der Waals surface area contributed by atoms with E-state index in [0.29, 0.717) is 0 Å². The number of nitrogens with zero attached hydrogens (tertiary/aromatic N) is 1. The molecule has 1 unspecified atom stereocenters. The first-order chi connectivity index (χ1) is 10.2. The van der Waals surface area contributed by atoms with Crippen LogP contribution in [0, 0.1) is 0 Å². The Bertz CT molecular complexity index is 562. The van der Waals surface area contributed by atoms with Gasteiger partial charge >= 0.3 is 0 Å². The minimum atomic E-state index is 0.256. The third kappa shape index (κ3) is 5.02. The molecule has 2 rings (SSSR count). The molecule has 1 heterocycles. The van der Waals surface area contributed by atoms with Gasteiger partial charge in [-0.1, -0.05) is 22.9 Å². The SMILES string of the molecule is CCNC(CSc1ccc(Br)cc1)c1cncc(OC)c1. The third-order valence-electron chi connectivity index (χ3n) is 3.05. The summed E-state index contributed by atoms with van der Waals surface area (Å²) in [5.74, 6) is 1.74. The van der Waals surface area contributed by atoms with Gasteiger partial charge in [0.15, 0.2) is 0 Å². The maximum absolute atomic E-state index is 5.26. The number of halogens is 1. The number of thioether (sulfide) groups is 1. The molecule has 0 amide bonds. The molecule has 21 heavy (non-hydrogen) atoms. The van der Waals surface area contributed by atoms with Crippen molar-refractivity contribution in [2.45, 2.75) is 17.9 Å². The summed E-state index contributed by atoms with van der Waals surface area (Å²) < 4.78 is 6.36. The zero-order chi connectivity index (χ0) is 15.1. The zero-order valence-corrected chi connectivity index (χ0v) is 14.6. The smallest absolute Gasteiger partial charge is 0.137 e. The summed E-state index contributed by atoms with van der Waals surface area (Å²) in [5, 5.41) is 3.51. The van der Waals surface area contributed by atoms with Crippen LogP contribution in [0.5, 0.6) is 5.75 Å². The maximum Gasteiger partial charge on any atom is 0.137 e. The number of methoxy groups -OCH3 is 1. The second kappa shape index (κ2) is 8.41. The van der Waals surface area contributed by atoms with Crippen molar-refractivity contribution in [2.75, 3.05) is 19.4 Å². The number of rotatable bonds is 7. The Labute approximate surface area is 138 Å². The molecule has 1 aromatic carbocycles. The van der Waals surface area contributed by atoms with Crippen molar-refractivity contribution >= 4 is 27.7 Å². The molecule has 0 aliphatic heterocycles. The van der Waals surface area contributed by atoms with Gasteiger partial charge in [-0.15, -0.1) is 11.8 Å². The van der Waals surface area contributed by atoms with E-state index in [1.165, 1.54) is 4.90 Å². The number of nitrogens with one attached hydrogen (secondary N) is 1. The van der Waals surface area contributed by atoms with Crippen LogP contribution in [0.3, 0.4) is 0 Å². The molecule has 1 aromatic heterocycles. The topological polar surface area (TPSA) is 34.2 Å². The summed E-state index contributed by atoms with van der Waals surface area (Å²) in [6.45, 7) is 3.04. The molecule has 0 aliphatic carbocycles. The molecule has 0 bridgehead atoms. The van der Waals surface area contributed by atoms with E-state index in [4.69, 9.17) is 4.74 Å². The molecule has 0 saturated heterocycles. The molecular formula is C16H19BrN2OS. The quantitative estimate of drug-likeness (QED) is 0.740. The lowest BCUT2D eigenvalue weighted by Crippen LogP contribution is -2.23. The van der Waals surface area contributed by atoms with Crippen LogP contribution < -0.4 is 10.1 Å². The van der Waals surface area contributed by atoms with E-state index >= 15 is 0 Å². The van der Waals surface area contributed by atoms with Gasteiger partial charge < -0.3 is 10.1 Å². The van der Waals surface area contributed by atoms with Crippen LogP contribution in [-0.4, -0.2) is 24.4 Å². The number of hydrogen-bond donors (Lipinski definition) is 1. The Balaban J connectivity index is 2.05. The molecule has 3 nitrogen and oxygen atoms in total. The Hall–Kier alpha value is -1.04. The zero-order valence-electron chi connectivity index (χ0n) is 12.2. The Kier molecular flexibility index (Phi) is 6.54. The van der Waals surface area contributed by atoms with Gasteiger partial charge in [-0.05, 0) is 42.4 Å². The van der Waals surface area contributed by atoms with Crippen LogP contribution in [-0.2, 0) is 0 Å². The normalized spacial score (nSPS) is 12.1. The number of pyridine rings is 1. The molecule has 1 N–H and O–H groups in total. The van der Waals surface area contributed by atoms with Crippen molar-refractivity contribution < 1.29 is 4.74 Å². The third-order valence-corrected chi connectivity index (χ3v) is 4.69. The van der Waals surface area contributed by atoms with Crippen LogP contribution in [0.4, 0.5) is 0 Å². The van der Waals surface area contributed by atoms with Crippen LogP contribution in [0.2, 0.25) is 0 Å². The van der Waals surface area contributed by atoms with Gasteiger partial charge in [-0.3, -0.25) is 4.98 Å². The van der Waals surface area contributed by atoms with E-state index < -0.39 is 0 Å². The number of hydrogen-bond acceptors (Lipinski definition) is 4. The monoisotopic (exact) mass is 366 g/mol. The highest BCUT2D eigenvalue weighted by Crippen LogP contribution is 2.27. The molecule has 2 aromatic rings. The molecule has 5 heteroatoms. The fourth-order valence-corrected chi connectivity index (χ4v) is 3.23. The standard InChI is InChI=1S/C16H19BrN2OS/c1-3-19-16(12-8-14(20-2)10-18-9-12)11-21-15-6-4-13(17)5-7-15/h4-10,16,19H,3,11H2,1-2H3. The predicted molar refractivity (Wildman–Crippen MR) is 92.1 cm³/mol. The molecule has 0 spiro atoms. The molecule has 112 valence electrons. The highest BCUT2D eigenvalue weighted by Gasteiger charge is 2.12. The first kappa shape index (κ1) is 16.3. The summed E-state index contributed by atoms with van der Waals surface area (Å²) in [6, 6.07) is 10.7. The van der Waals surface area contributed by atoms with Crippen molar-refractivity contribution in [3.8, 4) is 5.75 Å². The average molecular weight is 367 g/mol. The van der Waals surface area contributed by atoms with Gasteiger partial charge in [-0.25, -0.2) is 0 Å². The summed E-state index contributed by atoms with van der Waals surface area (Å²) in [4.78, 5) is 5.51. The average Bonchev–Trinajstić information content (AvgIpc) is 2.53. The van der Waals surface area contributed by atoms with Gasteiger partial charge in [0.05, 0.1) is 13.3 Å². The van der Waals surface area contributed by atoms with Gasteiger partial charge in [-0.2, -0.15) is 0 Å². The fraction of sp³-hybridized carbons (Fsp3) is 0.312. The van der Waals surface area contributed by atoms with E-state index in [2.05, 4.69) is 57.4 Å². The highest BCUT2D eigenvalue weighted by atomic mass is 79.9. The van der Waals surface area contributed by atoms with Crippen LogP contribution >= 0.6 is 27.7 Å². The molecule has 0 aliphatic rings. The van der Waals surface area contributed by atoms with Gasteiger partial charge in [0.1, 0.15) is 5.75 Å². The highest BCUT2D eigenvalue weighted by molar-refractivity contribution is 9.10. The lowest BCUT2D eigenvalue weighted by atomic mass is 10.1. The van der Waals surface area contributed by atoms with Crippen molar-refractivity contribution in [3.05, 3.63) is 52.8 Å². The van der Waals surface area contributed by atoms with Crippen molar-refractivity contribution in [1.29, 1.82) is 0 Å². The Morgan fingerprint density at radius 3 is 2.71 bits per heavy atom. The predicted octanol–water partition coefficient (Wildman–Crippen LogP) is 4.30. The molecule has 0 radical (unpaired) electrons. The molecule has 0 saturated carbocycles. The summed E-state index contributed by atoms with van der Waals surface area (Å²) >= 11 is 5.29. The largest absolute Gasteiger partial charge is 0.495 e. The van der Waals surface area contributed by atoms with Crippen LogP contribution in [0.25, 0.3) is 0 Å². The van der Waals surface area contributed by atoms with Crippen LogP contribution in [0.1, 0.15) is 18.5 Å². The second-order valence-corrected chi connectivity index (χ2v) is 6.54. The van der Waals surface area contributed by atoms with E-state index in [0.717, 1.165) is 28.1 Å². The van der Waals surface area contributed by atoms with Crippen molar-refractivity contribution in [3.63, 3.8) is 0 Å². The molecule has 1 atom stereocenters. The van der Waals surface area contributed by atoms with Crippen molar-refractivity contribution in [1.82, 2.24) is 10.3 Å². The fourth-order valence-electron chi connectivity index (χ4n) is 1.97. The van der Waals surface area contributed by atoms with Gasteiger partial charge in [0.25, 0.3) is 0 Å². The lowest BCUT2D eigenvalue weighted by molar-refractivity contribution is 0.411. The minimum Gasteiger partial charge on any atom is -0.495 e. The maximum atomic E-state index is 5.26. The van der Waals surface area contributed by atoms with E-state index in [1.807, 2.05) is 24.0 Å². The molecule has 0 fully saturated rings. The summed E-state index contributed by atoms with van der Waals surface area (Å²) in [5.41, 5.74) is 1.15. The number of aromatic nitrogens is 1. The van der Waals surface area contributed by atoms with Crippen LogP contribution in [0.15, 0.2) is 52.1 Å². The van der Waals surface area contributed by atoms with Gasteiger partial charge in [0.2, 0.25) is 0 Å². The van der Waals surface area contributed by atoms with Crippen molar-refractivity contribution in [2.24, 2.45) is 0 Å². The summed E-state index contributed by atoms with van der Waals surface area (Å²) in [7, 11) is 1.67. The lowest BCUT2D eigenvalue weighted by Gasteiger charge is -2.18. The Morgan fingerprint density at radius 2 is 2.05 bits per heavy atom. The first-order valence-corrected chi connectivity index (χ1v) is 8.61. The van der Waals surface area contributed by atoms with E-state index in [9.17, 15) is 0 Å². The number of benzene rings is 1. The first-order valence-electron chi connectivity index (χ1n) is 6.83. The van der Waals surface area contributed by atoms with E-state index in [1.54, 1.807) is 13.3 Å². The number of ether oxygens (including phenoxy) is 1. The summed E-state index contributed by atoms with van der Waals surface area (Å²) in [6.07, 6.45) is 3.63. The second-order valence-electron chi connectivity index (χ2n) is 4.53. The minimum absolute atomic E-state index is 0.256. The van der Waals surface area contributed by atoms with Gasteiger partial charge in [0, 0.05) is 27.4 Å². The Morgan fingerprint density at radius 1 is 1.29 bits per heavy atom. The van der Waals surface area contributed by atoms with E-state index in [-0.39, 0.29) is 6.04 Å². The molecular weight excluding hydrogens is 348 g/mol.